The van der Waals surface area contributed by atoms with Crippen molar-refractivity contribution in [2.75, 3.05) is 0 Å². The van der Waals surface area contributed by atoms with Crippen molar-refractivity contribution in [3.8, 4) is 0 Å². The van der Waals surface area contributed by atoms with E-state index < -0.39 is 5.82 Å². The largest absolute Gasteiger partial charge is 0.294 e. The molecular formula is C17H13FO2. The van der Waals surface area contributed by atoms with Crippen molar-refractivity contribution in [3.05, 3.63) is 77.1 Å². The van der Waals surface area contributed by atoms with Crippen LogP contribution in [-0.2, 0) is 4.79 Å². The molecule has 100 valence electrons. The Kier molecular flexibility index (Phi) is 4.20. The van der Waals surface area contributed by atoms with E-state index in [0.717, 1.165) is 0 Å². The molecule has 0 unspecified atom stereocenters. The van der Waals surface area contributed by atoms with Gasteiger partial charge in [-0.1, -0.05) is 42.5 Å². The lowest BCUT2D eigenvalue weighted by atomic mass is 9.98. The molecule has 0 heterocycles. The summed E-state index contributed by atoms with van der Waals surface area (Å²) in [6.07, 6.45) is 1.42. The molecule has 0 N–H and O–H groups in total. The molecular weight excluding hydrogens is 255 g/mol. The van der Waals surface area contributed by atoms with E-state index in [4.69, 9.17) is 0 Å². The van der Waals surface area contributed by atoms with Gasteiger partial charge in [0.05, 0.1) is 5.57 Å². The Labute approximate surface area is 116 Å². The third-order valence-electron chi connectivity index (χ3n) is 2.82. The summed E-state index contributed by atoms with van der Waals surface area (Å²) < 4.78 is 13.1. The minimum atomic E-state index is -0.409. The van der Waals surface area contributed by atoms with Gasteiger partial charge < -0.3 is 0 Å². The molecule has 0 atom stereocenters. The van der Waals surface area contributed by atoms with Crippen molar-refractivity contribution in [2.45, 2.75) is 6.92 Å². The maximum absolute atomic E-state index is 13.1. The van der Waals surface area contributed by atoms with Crippen LogP contribution in [0, 0.1) is 5.82 Å². The van der Waals surface area contributed by atoms with Gasteiger partial charge >= 0.3 is 0 Å². The van der Waals surface area contributed by atoms with E-state index in [2.05, 4.69) is 0 Å². The Morgan fingerprint density at radius 1 is 1.00 bits per heavy atom. The van der Waals surface area contributed by atoms with Crippen LogP contribution in [0.4, 0.5) is 4.39 Å². The van der Waals surface area contributed by atoms with Crippen molar-refractivity contribution in [3.63, 3.8) is 0 Å². The Bertz CT molecular complexity index is 672. The number of Topliss-reactive ketones (excluding diaryl/α,β-unsaturated/α-hetero) is 2. The molecule has 0 fully saturated rings. The standard InChI is InChI=1S/C17H13FO2/c1-12(19)16(11-13-6-5-9-15(18)10-13)17(20)14-7-3-2-4-8-14/h2-11H,1H3. The number of halogens is 1. The van der Waals surface area contributed by atoms with Gasteiger partial charge in [0.2, 0.25) is 0 Å². The molecule has 0 amide bonds. The van der Waals surface area contributed by atoms with E-state index in [1.807, 2.05) is 0 Å². The average molecular weight is 268 g/mol. The molecule has 2 rings (SSSR count). The van der Waals surface area contributed by atoms with Crippen LogP contribution in [0.5, 0.6) is 0 Å². The highest BCUT2D eigenvalue weighted by atomic mass is 19.1. The average Bonchev–Trinajstić information content (AvgIpc) is 2.45. The highest BCUT2D eigenvalue weighted by molar-refractivity contribution is 6.28. The molecule has 0 aromatic heterocycles. The predicted molar refractivity (Wildman–Crippen MR) is 75.8 cm³/mol. The van der Waals surface area contributed by atoms with Crippen LogP contribution < -0.4 is 0 Å². The lowest BCUT2D eigenvalue weighted by molar-refractivity contribution is -0.113. The van der Waals surface area contributed by atoms with Crippen LogP contribution in [0.3, 0.4) is 0 Å². The molecule has 0 aliphatic rings. The number of carbonyl (C=O) groups excluding carboxylic acids is 2. The van der Waals surface area contributed by atoms with Gasteiger partial charge in [-0.3, -0.25) is 9.59 Å². The maximum atomic E-state index is 13.1. The van der Waals surface area contributed by atoms with Crippen LogP contribution in [0.2, 0.25) is 0 Å². The molecule has 2 nitrogen and oxygen atoms in total. The first-order valence-corrected chi connectivity index (χ1v) is 6.16. The SMILES string of the molecule is CC(=O)C(=Cc1cccc(F)c1)C(=O)c1ccccc1. The van der Waals surface area contributed by atoms with E-state index in [1.54, 1.807) is 36.4 Å². The summed E-state index contributed by atoms with van der Waals surface area (Å²) in [6.45, 7) is 1.33. The Morgan fingerprint density at radius 2 is 1.70 bits per heavy atom. The summed E-state index contributed by atoms with van der Waals surface area (Å²) in [5, 5.41) is 0. The van der Waals surface area contributed by atoms with E-state index in [0.29, 0.717) is 11.1 Å². The normalized spacial score (nSPS) is 11.2. The van der Waals surface area contributed by atoms with Crippen molar-refractivity contribution in [2.24, 2.45) is 0 Å². The molecule has 0 radical (unpaired) electrons. The second-order valence-corrected chi connectivity index (χ2v) is 4.36. The second-order valence-electron chi connectivity index (χ2n) is 4.36. The number of hydrogen-bond donors (Lipinski definition) is 0. The maximum Gasteiger partial charge on any atom is 0.196 e. The zero-order chi connectivity index (χ0) is 14.5. The molecule has 0 saturated heterocycles. The number of ketones is 2. The highest BCUT2D eigenvalue weighted by Crippen LogP contribution is 2.14. The molecule has 0 saturated carbocycles. The van der Waals surface area contributed by atoms with Gasteiger partial charge in [0.25, 0.3) is 0 Å². The summed E-state index contributed by atoms with van der Waals surface area (Å²) >= 11 is 0. The summed E-state index contributed by atoms with van der Waals surface area (Å²) in [7, 11) is 0. The molecule has 0 aliphatic heterocycles. The molecule has 2 aromatic carbocycles. The van der Waals surface area contributed by atoms with Crippen molar-refractivity contribution in [1.29, 1.82) is 0 Å². The summed E-state index contributed by atoms with van der Waals surface area (Å²) in [6, 6.07) is 14.3. The second kappa shape index (κ2) is 6.06. The molecule has 3 heteroatoms. The summed E-state index contributed by atoms with van der Waals surface area (Å²) in [5.41, 5.74) is 0.964. The molecule has 0 bridgehead atoms. The fourth-order valence-electron chi connectivity index (χ4n) is 1.84. The molecule has 0 aliphatic carbocycles. The minimum absolute atomic E-state index is 0.0433. The Morgan fingerprint density at radius 3 is 2.30 bits per heavy atom. The van der Waals surface area contributed by atoms with E-state index in [-0.39, 0.29) is 17.1 Å². The molecule has 2 aromatic rings. The van der Waals surface area contributed by atoms with Crippen LogP contribution in [-0.4, -0.2) is 11.6 Å². The monoisotopic (exact) mass is 268 g/mol. The van der Waals surface area contributed by atoms with Crippen LogP contribution in [0.1, 0.15) is 22.8 Å². The van der Waals surface area contributed by atoms with Gasteiger partial charge in [0.1, 0.15) is 5.82 Å². The fraction of sp³-hybridized carbons (Fsp3) is 0.0588. The van der Waals surface area contributed by atoms with Gasteiger partial charge in [0.15, 0.2) is 11.6 Å². The Hall–Kier alpha value is -2.55. The van der Waals surface area contributed by atoms with Gasteiger partial charge in [0, 0.05) is 5.56 Å². The number of rotatable bonds is 4. The molecule has 20 heavy (non-hydrogen) atoms. The van der Waals surface area contributed by atoms with E-state index in [1.165, 1.54) is 31.2 Å². The first kappa shape index (κ1) is 13.9. The fourth-order valence-corrected chi connectivity index (χ4v) is 1.84. The third-order valence-corrected chi connectivity index (χ3v) is 2.82. The van der Waals surface area contributed by atoms with Crippen LogP contribution in [0.25, 0.3) is 6.08 Å². The third kappa shape index (κ3) is 3.26. The smallest absolute Gasteiger partial charge is 0.196 e. The van der Waals surface area contributed by atoms with Gasteiger partial charge in [-0.15, -0.1) is 0 Å². The van der Waals surface area contributed by atoms with Crippen molar-refractivity contribution in [1.82, 2.24) is 0 Å². The lowest BCUT2D eigenvalue weighted by Gasteiger charge is -2.04. The van der Waals surface area contributed by atoms with E-state index >= 15 is 0 Å². The summed E-state index contributed by atoms with van der Waals surface area (Å²) in [4.78, 5) is 24.0. The zero-order valence-electron chi connectivity index (χ0n) is 11.0. The number of hydrogen-bond acceptors (Lipinski definition) is 2. The topological polar surface area (TPSA) is 34.1 Å². The first-order chi connectivity index (χ1) is 9.58. The highest BCUT2D eigenvalue weighted by Gasteiger charge is 2.16. The number of benzene rings is 2. The summed E-state index contributed by atoms with van der Waals surface area (Å²) in [5.74, 6) is -1.11. The van der Waals surface area contributed by atoms with Gasteiger partial charge in [-0.25, -0.2) is 4.39 Å². The van der Waals surface area contributed by atoms with E-state index in [9.17, 15) is 14.0 Å². The van der Waals surface area contributed by atoms with Crippen molar-refractivity contribution >= 4 is 17.6 Å². The van der Waals surface area contributed by atoms with Crippen molar-refractivity contribution < 1.29 is 14.0 Å². The molecule has 0 spiro atoms. The number of carbonyl (C=O) groups is 2. The van der Waals surface area contributed by atoms with Crippen LogP contribution in [0.15, 0.2) is 60.2 Å². The minimum Gasteiger partial charge on any atom is -0.294 e. The first-order valence-electron chi connectivity index (χ1n) is 6.16. The van der Waals surface area contributed by atoms with Crippen LogP contribution >= 0.6 is 0 Å². The van der Waals surface area contributed by atoms with Gasteiger partial charge in [-0.2, -0.15) is 0 Å². The number of allylic oxidation sites excluding steroid dienone is 1. The zero-order valence-corrected chi connectivity index (χ0v) is 11.0. The predicted octanol–water partition coefficient (Wildman–Crippen LogP) is 3.68. The lowest BCUT2D eigenvalue weighted by Crippen LogP contribution is -2.10. The quantitative estimate of drug-likeness (QED) is 0.367. The Balaban J connectivity index is 2.42. The van der Waals surface area contributed by atoms with Gasteiger partial charge in [-0.05, 0) is 30.7 Å².